The minimum absolute atomic E-state index is 0.118. The van der Waals surface area contributed by atoms with Gasteiger partial charge in [0.05, 0.1) is 18.1 Å². The van der Waals surface area contributed by atoms with Crippen LogP contribution in [0.15, 0.2) is 47.4 Å². The van der Waals surface area contributed by atoms with Crippen LogP contribution in [-0.2, 0) is 14.8 Å². The molecule has 0 heterocycles. The fourth-order valence-corrected chi connectivity index (χ4v) is 3.87. The molecule has 1 N–H and O–H groups in total. The van der Waals surface area contributed by atoms with Crippen LogP contribution in [0.5, 0.6) is 5.75 Å². The number of para-hydroxylation sites is 1. The molecule has 0 spiro atoms. The lowest BCUT2D eigenvalue weighted by atomic mass is 10.1. The van der Waals surface area contributed by atoms with Crippen LogP contribution in [0, 0.1) is 13.8 Å². The van der Waals surface area contributed by atoms with Crippen molar-refractivity contribution in [3.63, 3.8) is 0 Å². The third kappa shape index (κ3) is 4.14. The molecule has 0 aliphatic carbocycles. The number of nitrogens with one attached hydrogen (secondary N) is 1. The SMILES string of the molecule is COc1ccccc1C(CNS(=O)(=O)c1ccc(C)cc1C)OC. The highest BCUT2D eigenvalue weighted by Crippen LogP contribution is 2.27. The van der Waals surface area contributed by atoms with Gasteiger partial charge in [0.2, 0.25) is 10.0 Å². The topological polar surface area (TPSA) is 64.6 Å². The average Bonchev–Trinajstić information content (AvgIpc) is 2.55. The first-order valence-electron chi connectivity index (χ1n) is 7.61. The van der Waals surface area contributed by atoms with Crippen molar-refractivity contribution in [3.8, 4) is 5.75 Å². The Hall–Kier alpha value is -1.89. The van der Waals surface area contributed by atoms with Crippen LogP contribution in [0.25, 0.3) is 0 Å². The summed E-state index contributed by atoms with van der Waals surface area (Å²) in [6.07, 6.45) is -0.443. The van der Waals surface area contributed by atoms with E-state index in [1.807, 2.05) is 37.3 Å². The third-order valence-corrected chi connectivity index (χ3v) is 5.43. The molecule has 0 radical (unpaired) electrons. The molecule has 2 aromatic carbocycles. The maximum atomic E-state index is 12.6. The number of ether oxygens (including phenoxy) is 2. The molecule has 130 valence electrons. The Morgan fingerprint density at radius 1 is 1.08 bits per heavy atom. The Balaban J connectivity index is 2.20. The second-order valence-electron chi connectivity index (χ2n) is 5.59. The highest BCUT2D eigenvalue weighted by atomic mass is 32.2. The van der Waals surface area contributed by atoms with Gasteiger partial charge in [-0.3, -0.25) is 0 Å². The summed E-state index contributed by atoms with van der Waals surface area (Å²) in [5.74, 6) is 0.662. The Morgan fingerprint density at radius 2 is 1.79 bits per heavy atom. The van der Waals surface area contributed by atoms with Gasteiger partial charge < -0.3 is 9.47 Å². The molecule has 2 aromatic rings. The van der Waals surface area contributed by atoms with E-state index in [-0.39, 0.29) is 11.4 Å². The van der Waals surface area contributed by atoms with Gasteiger partial charge in [0, 0.05) is 19.2 Å². The van der Waals surface area contributed by atoms with Crippen LogP contribution in [0.4, 0.5) is 0 Å². The van der Waals surface area contributed by atoms with Crippen molar-refractivity contribution < 1.29 is 17.9 Å². The molecule has 2 rings (SSSR count). The van der Waals surface area contributed by atoms with Crippen molar-refractivity contribution in [3.05, 3.63) is 59.2 Å². The fraction of sp³-hybridized carbons (Fsp3) is 0.333. The monoisotopic (exact) mass is 349 g/mol. The molecule has 0 aromatic heterocycles. The molecular weight excluding hydrogens is 326 g/mol. The Bertz CT molecular complexity index is 802. The quantitative estimate of drug-likeness (QED) is 0.835. The van der Waals surface area contributed by atoms with Crippen molar-refractivity contribution in [2.24, 2.45) is 0 Å². The van der Waals surface area contributed by atoms with E-state index in [9.17, 15) is 8.42 Å². The van der Waals surface area contributed by atoms with Crippen molar-refractivity contribution in [2.75, 3.05) is 20.8 Å². The molecule has 24 heavy (non-hydrogen) atoms. The molecule has 0 amide bonds. The first kappa shape index (κ1) is 18.4. The van der Waals surface area contributed by atoms with Crippen molar-refractivity contribution >= 4 is 10.0 Å². The predicted molar refractivity (Wildman–Crippen MR) is 93.8 cm³/mol. The van der Waals surface area contributed by atoms with E-state index in [4.69, 9.17) is 9.47 Å². The van der Waals surface area contributed by atoms with E-state index in [0.717, 1.165) is 11.1 Å². The summed E-state index contributed by atoms with van der Waals surface area (Å²) in [6, 6.07) is 12.7. The van der Waals surface area contributed by atoms with E-state index in [0.29, 0.717) is 11.3 Å². The van der Waals surface area contributed by atoms with Crippen LogP contribution in [-0.4, -0.2) is 29.2 Å². The summed E-state index contributed by atoms with van der Waals surface area (Å²) in [4.78, 5) is 0.281. The number of benzene rings is 2. The lowest BCUT2D eigenvalue weighted by molar-refractivity contribution is 0.105. The molecule has 5 nitrogen and oxygen atoms in total. The standard InChI is InChI=1S/C18H23NO4S/c1-13-9-10-18(14(2)11-13)24(20,21)19-12-17(23-4)15-7-5-6-8-16(15)22-3/h5-11,17,19H,12H2,1-4H3. The number of hydrogen-bond donors (Lipinski definition) is 1. The van der Waals surface area contributed by atoms with Gasteiger partial charge in [0.25, 0.3) is 0 Å². The Kier molecular flexibility index (Phi) is 5.99. The van der Waals surface area contributed by atoms with Crippen LogP contribution in [0.1, 0.15) is 22.8 Å². The Labute approximate surface area is 143 Å². The second kappa shape index (κ2) is 7.79. The van der Waals surface area contributed by atoms with E-state index >= 15 is 0 Å². The lowest BCUT2D eigenvalue weighted by Gasteiger charge is -2.19. The largest absolute Gasteiger partial charge is 0.496 e. The van der Waals surface area contributed by atoms with Gasteiger partial charge in [-0.05, 0) is 31.5 Å². The van der Waals surface area contributed by atoms with E-state index in [1.54, 1.807) is 33.3 Å². The van der Waals surface area contributed by atoms with Crippen molar-refractivity contribution in [1.82, 2.24) is 4.72 Å². The van der Waals surface area contributed by atoms with Gasteiger partial charge in [-0.1, -0.05) is 35.9 Å². The molecule has 0 aliphatic heterocycles. The van der Waals surface area contributed by atoms with E-state index < -0.39 is 16.1 Å². The van der Waals surface area contributed by atoms with Gasteiger partial charge in [0.15, 0.2) is 0 Å². The number of sulfonamides is 1. The zero-order valence-corrected chi connectivity index (χ0v) is 15.2. The smallest absolute Gasteiger partial charge is 0.240 e. The zero-order valence-electron chi connectivity index (χ0n) is 14.4. The fourth-order valence-electron chi connectivity index (χ4n) is 2.62. The van der Waals surface area contributed by atoms with Crippen LogP contribution >= 0.6 is 0 Å². The summed E-state index contributed by atoms with van der Waals surface area (Å²) in [5.41, 5.74) is 2.54. The van der Waals surface area contributed by atoms with Gasteiger partial charge >= 0.3 is 0 Å². The van der Waals surface area contributed by atoms with Gasteiger partial charge in [-0.25, -0.2) is 13.1 Å². The number of aryl methyl sites for hydroxylation is 2. The van der Waals surface area contributed by atoms with Crippen LogP contribution < -0.4 is 9.46 Å². The molecular formula is C18H23NO4S. The van der Waals surface area contributed by atoms with Crippen molar-refractivity contribution in [1.29, 1.82) is 0 Å². The average molecular weight is 349 g/mol. The maximum absolute atomic E-state index is 12.6. The highest BCUT2D eigenvalue weighted by Gasteiger charge is 2.21. The molecule has 0 bridgehead atoms. The van der Waals surface area contributed by atoms with Crippen LogP contribution in [0.3, 0.4) is 0 Å². The number of methoxy groups -OCH3 is 2. The molecule has 1 unspecified atom stereocenters. The summed E-state index contributed by atoms with van der Waals surface area (Å²) in [7, 11) is -0.492. The lowest BCUT2D eigenvalue weighted by Crippen LogP contribution is -2.30. The van der Waals surface area contributed by atoms with E-state index in [1.165, 1.54) is 0 Å². The molecule has 6 heteroatoms. The maximum Gasteiger partial charge on any atom is 0.240 e. The minimum Gasteiger partial charge on any atom is -0.496 e. The Morgan fingerprint density at radius 3 is 2.42 bits per heavy atom. The minimum atomic E-state index is -3.61. The van der Waals surface area contributed by atoms with Crippen molar-refractivity contribution in [2.45, 2.75) is 24.8 Å². The highest BCUT2D eigenvalue weighted by molar-refractivity contribution is 7.89. The van der Waals surface area contributed by atoms with Gasteiger partial charge in [-0.15, -0.1) is 0 Å². The zero-order chi connectivity index (χ0) is 17.7. The second-order valence-corrected chi connectivity index (χ2v) is 7.32. The van der Waals surface area contributed by atoms with E-state index in [2.05, 4.69) is 4.72 Å². The molecule has 0 saturated carbocycles. The summed E-state index contributed by atoms with van der Waals surface area (Å²) in [6.45, 7) is 3.83. The first-order chi connectivity index (χ1) is 11.4. The summed E-state index contributed by atoms with van der Waals surface area (Å²) >= 11 is 0. The molecule has 0 aliphatic rings. The number of rotatable bonds is 7. The molecule has 0 fully saturated rings. The number of hydrogen-bond acceptors (Lipinski definition) is 4. The van der Waals surface area contributed by atoms with Gasteiger partial charge in [-0.2, -0.15) is 0 Å². The first-order valence-corrected chi connectivity index (χ1v) is 9.10. The normalized spacial score (nSPS) is 12.8. The predicted octanol–water partition coefficient (Wildman–Crippen LogP) is 2.98. The third-order valence-electron chi connectivity index (χ3n) is 3.85. The molecule has 0 saturated heterocycles. The summed E-state index contributed by atoms with van der Waals surface area (Å²) in [5, 5.41) is 0. The summed E-state index contributed by atoms with van der Waals surface area (Å²) < 4.78 is 38.5. The van der Waals surface area contributed by atoms with Crippen LogP contribution in [0.2, 0.25) is 0 Å². The van der Waals surface area contributed by atoms with Gasteiger partial charge in [0.1, 0.15) is 5.75 Å². The molecule has 1 atom stereocenters.